The SMILES string of the molecule is Cl.Cl.Fc1cccc(Br)c1[C@H](CC(F)(F)F)N1CCNCC1. The third-order valence-corrected chi connectivity index (χ3v) is 4.04. The minimum Gasteiger partial charge on any atom is -0.314 e. The lowest BCUT2D eigenvalue weighted by Gasteiger charge is -2.36. The van der Waals surface area contributed by atoms with Gasteiger partial charge in [-0.3, -0.25) is 4.90 Å². The highest BCUT2D eigenvalue weighted by atomic mass is 79.9. The van der Waals surface area contributed by atoms with E-state index in [9.17, 15) is 17.6 Å². The third-order valence-electron chi connectivity index (χ3n) is 3.35. The van der Waals surface area contributed by atoms with E-state index in [-0.39, 0.29) is 30.4 Å². The summed E-state index contributed by atoms with van der Waals surface area (Å²) in [6.45, 7) is 2.17. The van der Waals surface area contributed by atoms with E-state index in [2.05, 4.69) is 21.2 Å². The fourth-order valence-corrected chi connectivity index (χ4v) is 3.06. The Bertz CT molecular complexity index is 448. The van der Waals surface area contributed by atoms with Gasteiger partial charge in [-0.25, -0.2) is 4.39 Å². The molecule has 0 spiro atoms. The summed E-state index contributed by atoms with van der Waals surface area (Å²) in [6, 6.07) is 3.26. The van der Waals surface area contributed by atoms with Crippen LogP contribution in [0.4, 0.5) is 17.6 Å². The van der Waals surface area contributed by atoms with Gasteiger partial charge in [-0.05, 0) is 12.1 Å². The van der Waals surface area contributed by atoms with Crippen LogP contribution >= 0.6 is 40.7 Å². The molecule has 0 saturated carbocycles. The smallest absolute Gasteiger partial charge is 0.314 e. The molecule has 1 fully saturated rings. The summed E-state index contributed by atoms with van der Waals surface area (Å²) in [7, 11) is 0. The number of hydrogen-bond acceptors (Lipinski definition) is 2. The molecule has 128 valence electrons. The molecular formula is C13H17BrCl2F4N2. The Labute approximate surface area is 147 Å². The van der Waals surface area contributed by atoms with Crippen molar-refractivity contribution >= 4 is 40.7 Å². The Kier molecular flexibility index (Phi) is 9.24. The molecule has 9 heteroatoms. The zero-order chi connectivity index (χ0) is 14.8. The number of alkyl halides is 3. The maximum absolute atomic E-state index is 14.0. The number of benzene rings is 1. The van der Waals surface area contributed by atoms with Gasteiger partial charge in [-0.2, -0.15) is 13.2 Å². The van der Waals surface area contributed by atoms with Gasteiger partial charge in [0.05, 0.1) is 6.42 Å². The van der Waals surface area contributed by atoms with Crippen molar-refractivity contribution in [3.05, 3.63) is 34.1 Å². The Balaban J connectivity index is 0.00000220. The van der Waals surface area contributed by atoms with Gasteiger partial charge in [-0.15, -0.1) is 24.8 Å². The molecule has 1 aromatic rings. The molecule has 0 amide bonds. The summed E-state index contributed by atoms with van der Waals surface area (Å²) >= 11 is 3.17. The van der Waals surface area contributed by atoms with Gasteiger partial charge in [-0.1, -0.05) is 22.0 Å². The third kappa shape index (κ3) is 5.85. The molecule has 0 bridgehead atoms. The van der Waals surface area contributed by atoms with Crippen LogP contribution in [-0.4, -0.2) is 37.3 Å². The van der Waals surface area contributed by atoms with Crippen molar-refractivity contribution in [3.8, 4) is 0 Å². The molecule has 0 aromatic heterocycles. The standard InChI is InChI=1S/C13H15BrF4N2.2ClH/c14-9-2-1-3-10(15)12(9)11(8-13(16,17)18)20-6-4-19-5-7-20;;/h1-3,11,19H,4-8H2;2*1H/t11-;;/m0../s1. The lowest BCUT2D eigenvalue weighted by molar-refractivity contribution is -0.149. The molecule has 2 rings (SSSR count). The number of halogens is 7. The molecule has 0 aliphatic carbocycles. The molecule has 1 N–H and O–H groups in total. The zero-order valence-corrected chi connectivity index (χ0v) is 14.7. The van der Waals surface area contributed by atoms with Crippen LogP contribution in [-0.2, 0) is 0 Å². The maximum Gasteiger partial charge on any atom is 0.390 e. The fraction of sp³-hybridized carbons (Fsp3) is 0.538. The van der Waals surface area contributed by atoms with Crippen LogP contribution in [0.3, 0.4) is 0 Å². The Morgan fingerprint density at radius 2 is 1.77 bits per heavy atom. The Hall–Kier alpha value is -0.0800. The fourth-order valence-electron chi connectivity index (χ4n) is 2.46. The van der Waals surface area contributed by atoms with Gasteiger partial charge in [0.15, 0.2) is 0 Å². The average Bonchev–Trinajstić information content (AvgIpc) is 2.37. The molecule has 1 aliphatic heterocycles. The highest BCUT2D eigenvalue weighted by molar-refractivity contribution is 9.10. The monoisotopic (exact) mass is 426 g/mol. The molecule has 22 heavy (non-hydrogen) atoms. The van der Waals surface area contributed by atoms with Gasteiger partial charge >= 0.3 is 6.18 Å². The number of piperazine rings is 1. The summed E-state index contributed by atoms with van der Waals surface area (Å²) in [5.41, 5.74) is 0.0896. The zero-order valence-electron chi connectivity index (χ0n) is 11.5. The van der Waals surface area contributed by atoms with Gasteiger partial charge in [0.25, 0.3) is 0 Å². The first-order valence-electron chi connectivity index (χ1n) is 6.34. The number of rotatable bonds is 3. The van der Waals surface area contributed by atoms with E-state index in [0.717, 1.165) is 0 Å². The average molecular weight is 428 g/mol. The van der Waals surface area contributed by atoms with Crippen LogP contribution in [0.2, 0.25) is 0 Å². The lowest BCUT2D eigenvalue weighted by Crippen LogP contribution is -2.46. The van der Waals surface area contributed by atoms with Crippen molar-refractivity contribution in [2.75, 3.05) is 26.2 Å². The van der Waals surface area contributed by atoms with Crippen molar-refractivity contribution in [2.24, 2.45) is 0 Å². The van der Waals surface area contributed by atoms with Crippen molar-refractivity contribution in [1.82, 2.24) is 10.2 Å². The highest BCUT2D eigenvalue weighted by Gasteiger charge is 2.37. The number of hydrogen-bond donors (Lipinski definition) is 1. The second kappa shape index (κ2) is 9.27. The Morgan fingerprint density at radius 3 is 2.27 bits per heavy atom. The van der Waals surface area contributed by atoms with E-state index >= 15 is 0 Å². The topological polar surface area (TPSA) is 15.3 Å². The van der Waals surface area contributed by atoms with Gasteiger partial charge in [0, 0.05) is 42.3 Å². The normalized spacial score (nSPS) is 17.3. The largest absolute Gasteiger partial charge is 0.390 e. The van der Waals surface area contributed by atoms with E-state index < -0.39 is 24.5 Å². The van der Waals surface area contributed by atoms with Crippen molar-refractivity contribution < 1.29 is 17.6 Å². The minimum atomic E-state index is -4.34. The van der Waals surface area contributed by atoms with Crippen LogP contribution < -0.4 is 5.32 Å². The van der Waals surface area contributed by atoms with E-state index in [0.29, 0.717) is 30.7 Å². The molecule has 1 saturated heterocycles. The summed E-state index contributed by atoms with van der Waals surface area (Å²) in [4.78, 5) is 1.69. The second-order valence-electron chi connectivity index (χ2n) is 4.76. The van der Waals surface area contributed by atoms with Gasteiger partial charge in [0.2, 0.25) is 0 Å². The van der Waals surface area contributed by atoms with Crippen LogP contribution in [0.15, 0.2) is 22.7 Å². The molecule has 2 nitrogen and oxygen atoms in total. The molecule has 1 aromatic carbocycles. The predicted octanol–water partition coefficient (Wildman–Crippen LogP) is 4.33. The minimum absolute atomic E-state index is 0. The quantitative estimate of drug-likeness (QED) is 0.722. The number of nitrogens with one attached hydrogen (secondary N) is 1. The van der Waals surface area contributed by atoms with Crippen molar-refractivity contribution in [3.63, 3.8) is 0 Å². The molecule has 1 aliphatic rings. The van der Waals surface area contributed by atoms with E-state index in [1.165, 1.54) is 12.1 Å². The molecule has 1 heterocycles. The molecular weight excluding hydrogens is 411 g/mol. The molecule has 1 atom stereocenters. The lowest BCUT2D eigenvalue weighted by atomic mass is 10.00. The summed E-state index contributed by atoms with van der Waals surface area (Å²) in [5.74, 6) is -0.604. The number of nitrogens with zero attached hydrogens (tertiary/aromatic N) is 1. The Morgan fingerprint density at radius 1 is 1.18 bits per heavy atom. The van der Waals surface area contributed by atoms with Crippen molar-refractivity contribution in [2.45, 2.75) is 18.6 Å². The summed E-state index contributed by atoms with van der Waals surface area (Å²) in [5, 5.41) is 3.08. The van der Waals surface area contributed by atoms with Crippen LogP contribution in [0, 0.1) is 5.82 Å². The van der Waals surface area contributed by atoms with Gasteiger partial charge in [0.1, 0.15) is 5.82 Å². The second-order valence-corrected chi connectivity index (χ2v) is 5.61. The first-order chi connectivity index (χ1) is 9.38. The molecule has 0 radical (unpaired) electrons. The van der Waals surface area contributed by atoms with Crippen molar-refractivity contribution in [1.29, 1.82) is 0 Å². The highest BCUT2D eigenvalue weighted by Crippen LogP contribution is 2.38. The van der Waals surface area contributed by atoms with Crippen LogP contribution in [0.25, 0.3) is 0 Å². The van der Waals surface area contributed by atoms with Crippen LogP contribution in [0.5, 0.6) is 0 Å². The summed E-state index contributed by atoms with van der Waals surface area (Å²) < 4.78 is 52.9. The first-order valence-corrected chi connectivity index (χ1v) is 7.13. The van der Waals surface area contributed by atoms with E-state index in [4.69, 9.17) is 0 Å². The maximum atomic E-state index is 14.0. The van der Waals surface area contributed by atoms with E-state index in [1.54, 1.807) is 11.0 Å². The van der Waals surface area contributed by atoms with Gasteiger partial charge < -0.3 is 5.32 Å². The van der Waals surface area contributed by atoms with E-state index in [1.807, 2.05) is 0 Å². The van der Waals surface area contributed by atoms with Crippen LogP contribution in [0.1, 0.15) is 18.0 Å². The predicted molar refractivity (Wildman–Crippen MR) is 86.5 cm³/mol. The first kappa shape index (κ1) is 21.9. The summed E-state index contributed by atoms with van der Waals surface area (Å²) in [6.07, 6.45) is -5.39. The molecule has 0 unspecified atom stereocenters.